The van der Waals surface area contributed by atoms with Crippen LogP contribution in [0.3, 0.4) is 0 Å². The van der Waals surface area contributed by atoms with E-state index >= 15 is 0 Å². The number of nitrogens with one attached hydrogen (secondary N) is 1. The Hall–Kier alpha value is -2.28. The Balaban J connectivity index is 0.00000225. The van der Waals surface area contributed by atoms with Crippen molar-refractivity contribution in [3.8, 4) is 11.8 Å². The maximum atomic E-state index is 9.02. The molecule has 1 saturated heterocycles. The van der Waals surface area contributed by atoms with Crippen LogP contribution >= 0.6 is 12.4 Å². The highest BCUT2D eigenvalue weighted by molar-refractivity contribution is 5.85. The molecule has 3 rings (SSSR count). The Bertz CT molecular complexity index is 749. The summed E-state index contributed by atoms with van der Waals surface area (Å²) >= 11 is 0. The Morgan fingerprint density at radius 2 is 2.00 bits per heavy atom. The summed E-state index contributed by atoms with van der Waals surface area (Å²) in [5.74, 6) is 1.85. The number of benzene rings is 2. The fourth-order valence-electron chi connectivity index (χ4n) is 3.30. The topological polar surface area (TPSA) is 45.0 Å². The molecular formula is C21H23ClN2O. The van der Waals surface area contributed by atoms with E-state index in [9.17, 15) is 0 Å². The molecule has 0 bridgehead atoms. The number of nitrogens with zero attached hydrogens (tertiary/aromatic N) is 1. The third kappa shape index (κ3) is 4.85. The minimum absolute atomic E-state index is 0. The van der Waals surface area contributed by atoms with E-state index in [2.05, 4.69) is 35.7 Å². The number of nitriles is 1. The van der Waals surface area contributed by atoms with Crippen LogP contribution in [0.5, 0.6) is 5.75 Å². The maximum absolute atomic E-state index is 9.02. The molecule has 1 aliphatic rings. The first kappa shape index (κ1) is 19.1. The third-order valence-corrected chi connectivity index (χ3v) is 4.62. The number of hydrogen-bond donors (Lipinski definition) is 1. The molecule has 0 radical (unpaired) electrons. The van der Waals surface area contributed by atoms with Crippen molar-refractivity contribution >= 4 is 18.5 Å². The van der Waals surface area contributed by atoms with Gasteiger partial charge < -0.3 is 10.1 Å². The fraction of sp³-hybridized carbons (Fsp3) is 0.286. The minimum Gasteiger partial charge on any atom is -0.497 e. The summed E-state index contributed by atoms with van der Waals surface area (Å²) in [5, 5.41) is 12.5. The van der Waals surface area contributed by atoms with E-state index in [0.29, 0.717) is 17.4 Å². The highest BCUT2D eigenvalue weighted by Crippen LogP contribution is 2.32. The molecular weight excluding hydrogens is 332 g/mol. The zero-order chi connectivity index (χ0) is 16.8. The highest BCUT2D eigenvalue weighted by Gasteiger charge is 2.24. The van der Waals surface area contributed by atoms with Crippen LogP contribution in [-0.4, -0.2) is 20.2 Å². The van der Waals surface area contributed by atoms with Gasteiger partial charge in [0.15, 0.2) is 0 Å². The predicted molar refractivity (Wildman–Crippen MR) is 104 cm³/mol. The lowest BCUT2D eigenvalue weighted by Gasteiger charge is -2.30. The summed E-state index contributed by atoms with van der Waals surface area (Å²) in [5.41, 5.74) is 3.14. The van der Waals surface area contributed by atoms with Crippen LogP contribution in [-0.2, 0) is 0 Å². The normalized spacial score (nSPS) is 19.8. The van der Waals surface area contributed by atoms with E-state index in [0.717, 1.165) is 30.8 Å². The highest BCUT2D eigenvalue weighted by atomic mass is 35.5. The number of ether oxygens (including phenoxy) is 1. The molecule has 0 amide bonds. The van der Waals surface area contributed by atoms with E-state index in [4.69, 9.17) is 10.00 Å². The summed E-state index contributed by atoms with van der Waals surface area (Å²) in [6.07, 6.45) is 5.53. The average molecular weight is 355 g/mol. The van der Waals surface area contributed by atoms with Crippen molar-refractivity contribution < 1.29 is 4.74 Å². The van der Waals surface area contributed by atoms with E-state index < -0.39 is 0 Å². The summed E-state index contributed by atoms with van der Waals surface area (Å²) in [6.45, 7) is 2.02. The second-order valence-corrected chi connectivity index (χ2v) is 6.13. The maximum Gasteiger partial charge on any atom is 0.118 e. The largest absolute Gasteiger partial charge is 0.497 e. The number of hydrogen-bond acceptors (Lipinski definition) is 3. The summed E-state index contributed by atoms with van der Waals surface area (Å²) < 4.78 is 5.26. The van der Waals surface area contributed by atoms with Crippen LogP contribution < -0.4 is 10.1 Å². The van der Waals surface area contributed by atoms with Crippen LogP contribution in [0.1, 0.15) is 29.0 Å². The number of rotatable bonds is 4. The van der Waals surface area contributed by atoms with Crippen LogP contribution in [0.2, 0.25) is 0 Å². The quantitative estimate of drug-likeness (QED) is 0.885. The molecule has 1 heterocycles. The average Bonchev–Trinajstić information content (AvgIpc) is 2.67. The van der Waals surface area contributed by atoms with Gasteiger partial charge >= 0.3 is 0 Å². The molecule has 0 aliphatic carbocycles. The Labute approximate surface area is 155 Å². The second-order valence-electron chi connectivity index (χ2n) is 6.13. The van der Waals surface area contributed by atoms with Crippen molar-refractivity contribution in [3.63, 3.8) is 0 Å². The molecule has 0 saturated carbocycles. The van der Waals surface area contributed by atoms with Crippen LogP contribution in [0.25, 0.3) is 6.08 Å². The lowest BCUT2D eigenvalue weighted by Crippen LogP contribution is -2.34. The van der Waals surface area contributed by atoms with Crippen molar-refractivity contribution in [3.05, 3.63) is 71.3 Å². The Morgan fingerprint density at radius 1 is 1.20 bits per heavy atom. The van der Waals surface area contributed by atoms with Gasteiger partial charge in [-0.3, -0.25) is 0 Å². The van der Waals surface area contributed by atoms with Crippen molar-refractivity contribution in [2.24, 2.45) is 5.92 Å². The Kier molecular flexibility index (Phi) is 7.06. The lowest BCUT2D eigenvalue weighted by atomic mass is 9.81. The first-order chi connectivity index (χ1) is 11.8. The summed E-state index contributed by atoms with van der Waals surface area (Å²) in [6, 6.07) is 18.3. The van der Waals surface area contributed by atoms with Gasteiger partial charge in [0.1, 0.15) is 5.75 Å². The SMILES string of the molecule is COc1ccc([C@@H]2CCNC[C@H]2/C=C/c2cccc(C#N)c2)cc1.Cl. The fourth-order valence-corrected chi connectivity index (χ4v) is 3.30. The molecule has 3 nitrogen and oxygen atoms in total. The van der Waals surface area contributed by atoms with Gasteiger partial charge in [0.25, 0.3) is 0 Å². The number of halogens is 1. The smallest absolute Gasteiger partial charge is 0.118 e. The van der Waals surface area contributed by atoms with Gasteiger partial charge in [0.2, 0.25) is 0 Å². The van der Waals surface area contributed by atoms with Crippen molar-refractivity contribution in [2.75, 3.05) is 20.2 Å². The van der Waals surface area contributed by atoms with Crippen molar-refractivity contribution in [1.29, 1.82) is 5.26 Å². The molecule has 1 N–H and O–H groups in total. The number of piperidine rings is 1. The van der Waals surface area contributed by atoms with E-state index in [1.54, 1.807) is 7.11 Å². The van der Waals surface area contributed by atoms with Gasteiger partial charge in [-0.25, -0.2) is 0 Å². The van der Waals surface area contributed by atoms with E-state index in [1.165, 1.54) is 5.56 Å². The number of methoxy groups -OCH3 is 1. The summed E-state index contributed by atoms with van der Waals surface area (Å²) in [7, 11) is 1.69. The van der Waals surface area contributed by atoms with Gasteiger partial charge in [0.05, 0.1) is 18.7 Å². The van der Waals surface area contributed by atoms with E-state index in [-0.39, 0.29) is 12.4 Å². The van der Waals surface area contributed by atoms with Gasteiger partial charge in [-0.2, -0.15) is 5.26 Å². The summed E-state index contributed by atoms with van der Waals surface area (Å²) in [4.78, 5) is 0. The predicted octanol–water partition coefficient (Wildman–Crippen LogP) is 4.40. The third-order valence-electron chi connectivity index (χ3n) is 4.62. The molecule has 1 fully saturated rings. The first-order valence-corrected chi connectivity index (χ1v) is 8.33. The molecule has 1 aliphatic heterocycles. The molecule has 0 aromatic heterocycles. The first-order valence-electron chi connectivity index (χ1n) is 8.33. The van der Waals surface area contributed by atoms with Crippen molar-refractivity contribution in [1.82, 2.24) is 5.32 Å². The molecule has 4 heteroatoms. The standard InChI is InChI=1S/C21H22N2O.ClH/c1-24-20-9-7-18(8-10-20)21-11-12-23-15-19(21)6-5-16-3-2-4-17(13-16)14-22;/h2-10,13,19,21,23H,11-12,15H2,1H3;1H/b6-5+;/t19-,21+;/m1./s1. The molecule has 0 spiro atoms. The zero-order valence-corrected chi connectivity index (χ0v) is 15.1. The second kappa shape index (κ2) is 9.27. The molecule has 2 atom stereocenters. The van der Waals surface area contributed by atoms with Crippen LogP contribution in [0, 0.1) is 17.2 Å². The van der Waals surface area contributed by atoms with E-state index in [1.807, 2.05) is 36.4 Å². The zero-order valence-electron chi connectivity index (χ0n) is 14.3. The molecule has 0 unspecified atom stereocenters. The van der Waals surface area contributed by atoms with Gasteiger partial charge in [-0.05, 0) is 60.2 Å². The van der Waals surface area contributed by atoms with Gasteiger partial charge in [-0.15, -0.1) is 12.4 Å². The van der Waals surface area contributed by atoms with Gasteiger partial charge in [0, 0.05) is 6.54 Å². The molecule has 2 aromatic rings. The van der Waals surface area contributed by atoms with Crippen LogP contribution in [0.4, 0.5) is 0 Å². The molecule has 2 aromatic carbocycles. The van der Waals surface area contributed by atoms with Crippen LogP contribution in [0.15, 0.2) is 54.6 Å². The van der Waals surface area contributed by atoms with Crippen molar-refractivity contribution in [2.45, 2.75) is 12.3 Å². The lowest BCUT2D eigenvalue weighted by molar-refractivity contribution is 0.380. The molecule has 25 heavy (non-hydrogen) atoms. The molecule has 130 valence electrons. The monoisotopic (exact) mass is 354 g/mol. The Morgan fingerprint density at radius 3 is 2.72 bits per heavy atom. The van der Waals surface area contributed by atoms with Gasteiger partial charge in [-0.1, -0.05) is 36.4 Å². The minimum atomic E-state index is 0.